The lowest BCUT2D eigenvalue weighted by atomic mass is 10.0. The minimum atomic E-state index is 0.195. The molecule has 1 aromatic heterocycles. The molecular weight excluding hydrogens is 282 g/mol. The third-order valence-corrected chi connectivity index (χ3v) is 3.86. The van der Waals surface area contributed by atoms with Crippen molar-refractivity contribution in [1.82, 2.24) is 4.98 Å². The SMILES string of the molecule is COc1cc2c(c(-c3c[nH]c4ccccc34)c1OC)OCO2. The van der Waals surface area contributed by atoms with Crippen LogP contribution in [0.2, 0.25) is 0 Å². The molecule has 5 heteroatoms. The van der Waals surface area contributed by atoms with E-state index in [1.807, 2.05) is 24.4 Å². The van der Waals surface area contributed by atoms with E-state index in [0.717, 1.165) is 22.0 Å². The van der Waals surface area contributed by atoms with Crippen molar-refractivity contribution in [2.75, 3.05) is 21.0 Å². The summed E-state index contributed by atoms with van der Waals surface area (Å²) in [4.78, 5) is 3.27. The van der Waals surface area contributed by atoms with E-state index in [0.29, 0.717) is 23.0 Å². The minimum absolute atomic E-state index is 0.195. The highest BCUT2D eigenvalue weighted by Crippen LogP contribution is 2.53. The molecule has 0 spiro atoms. The van der Waals surface area contributed by atoms with E-state index in [2.05, 4.69) is 11.1 Å². The topological polar surface area (TPSA) is 52.7 Å². The lowest BCUT2D eigenvalue weighted by Crippen LogP contribution is -1.95. The van der Waals surface area contributed by atoms with Crippen LogP contribution in [-0.2, 0) is 0 Å². The molecule has 112 valence electrons. The fourth-order valence-corrected chi connectivity index (χ4v) is 2.88. The summed E-state index contributed by atoms with van der Waals surface area (Å²) in [7, 11) is 3.23. The lowest BCUT2D eigenvalue weighted by molar-refractivity contribution is 0.174. The monoisotopic (exact) mass is 297 g/mol. The third kappa shape index (κ3) is 1.72. The Hall–Kier alpha value is -2.82. The predicted octanol–water partition coefficient (Wildman–Crippen LogP) is 3.58. The van der Waals surface area contributed by atoms with E-state index < -0.39 is 0 Å². The molecule has 3 aromatic rings. The first kappa shape index (κ1) is 12.9. The number of benzene rings is 2. The number of hydrogen-bond acceptors (Lipinski definition) is 4. The van der Waals surface area contributed by atoms with Gasteiger partial charge in [0.15, 0.2) is 23.0 Å². The molecule has 0 fully saturated rings. The van der Waals surface area contributed by atoms with Gasteiger partial charge < -0.3 is 23.9 Å². The molecule has 2 heterocycles. The quantitative estimate of drug-likeness (QED) is 0.803. The summed E-state index contributed by atoms with van der Waals surface area (Å²) in [6, 6.07) is 9.88. The molecule has 4 rings (SSSR count). The van der Waals surface area contributed by atoms with E-state index in [4.69, 9.17) is 18.9 Å². The predicted molar refractivity (Wildman–Crippen MR) is 83.0 cm³/mol. The second-order valence-corrected chi connectivity index (χ2v) is 4.97. The normalized spacial score (nSPS) is 12.6. The molecule has 1 N–H and O–H groups in total. The van der Waals surface area contributed by atoms with Crippen molar-refractivity contribution in [3.05, 3.63) is 36.5 Å². The highest BCUT2D eigenvalue weighted by atomic mass is 16.7. The Kier molecular flexibility index (Phi) is 2.85. The van der Waals surface area contributed by atoms with Gasteiger partial charge >= 0.3 is 0 Å². The maximum Gasteiger partial charge on any atom is 0.231 e. The Balaban J connectivity index is 2.07. The standard InChI is InChI=1S/C17H15NO4/c1-19-13-7-14-17(22-9-21-14)15(16(13)20-2)11-8-18-12-6-4-3-5-10(11)12/h3-8,18H,9H2,1-2H3. The van der Waals surface area contributed by atoms with Crippen LogP contribution in [0.15, 0.2) is 36.5 Å². The molecule has 1 aliphatic heterocycles. The first-order valence-electron chi connectivity index (χ1n) is 6.94. The zero-order valence-corrected chi connectivity index (χ0v) is 12.3. The highest BCUT2D eigenvalue weighted by Gasteiger charge is 2.28. The first-order chi connectivity index (χ1) is 10.8. The van der Waals surface area contributed by atoms with Gasteiger partial charge in [0, 0.05) is 28.7 Å². The summed E-state index contributed by atoms with van der Waals surface area (Å²) in [6.07, 6.45) is 1.95. The summed E-state index contributed by atoms with van der Waals surface area (Å²) in [6.45, 7) is 0.195. The number of H-pyrrole nitrogens is 1. The molecular formula is C17H15NO4. The molecule has 0 bridgehead atoms. The van der Waals surface area contributed by atoms with Gasteiger partial charge in [-0.15, -0.1) is 0 Å². The number of ether oxygens (including phenoxy) is 4. The van der Waals surface area contributed by atoms with E-state index in [9.17, 15) is 0 Å². The van der Waals surface area contributed by atoms with Crippen molar-refractivity contribution in [3.8, 4) is 34.1 Å². The van der Waals surface area contributed by atoms with Gasteiger partial charge in [-0.3, -0.25) is 0 Å². The number of methoxy groups -OCH3 is 2. The summed E-state index contributed by atoms with van der Waals surface area (Å²) in [5.41, 5.74) is 2.88. The fraction of sp³-hybridized carbons (Fsp3) is 0.176. The maximum absolute atomic E-state index is 5.67. The second kappa shape index (κ2) is 4.87. The summed E-state index contributed by atoms with van der Waals surface area (Å²) in [5.74, 6) is 2.60. The zero-order chi connectivity index (χ0) is 15.1. The van der Waals surface area contributed by atoms with E-state index in [1.165, 1.54) is 0 Å². The van der Waals surface area contributed by atoms with Crippen LogP contribution in [0.4, 0.5) is 0 Å². The molecule has 0 radical (unpaired) electrons. The summed E-state index contributed by atoms with van der Waals surface area (Å²) < 4.78 is 22.2. The first-order valence-corrected chi connectivity index (χ1v) is 6.94. The molecule has 0 saturated heterocycles. The van der Waals surface area contributed by atoms with Crippen molar-refractivity contribution in [1.29, 1.82) is 0 Å². The van der Waals surface area contributed by atoms with Crippen molar-refractivity contribution in [3.63, 3.8) is 0 Å². The number of para-hydroxylation sites is 1. The van der Waals surface area contributed by atoms with Crippen molar-refractivity contribution in [2.24, 2.45) is 0 Å². The fourth-order valence-electron chi connectivity index (χ4n) is 2.88. The molecule has 2 aromatic carbocycles. The van der Waals surface area contributed by atoms with Gasteiger partial charge in [0.2, 0.25) is 6.79 Å². The minimum Gasteiger partial charge on any atom is -0.493 e. The maximum atomic E-state index is 5.67. The van der Waals surface area contributed by atoms with Gasteiger partial charge in [0.05, 0.1) is 19.8 Å². The average molecular weight is 297 g/mol. The van der Waals surface area contributed by atoms with Crippen LogP contribution in [0.1, 0.15) is 0 Å². The van der Waals surface area contributed by atoms with Crippen LogP contribution in [0, 0.1) is 0 Å². The number of fused-ring (bicyclic) bond motifs is 2. The molecule has 0 saturated carbocycles. The second-order valence-electron chi connectivity index (χ2n) is 4.97. The molecule has 5 nitrogen and oxygen atoms in total. The molecule has 0 atom stereocenters. The number of hydrogen-bond donors (Lipinski definition) is 1. The van der Waals surface area contributed by atoms with Gasteiger partial charge in [0.25, 0.3) is 0 Å². The Morgan fingerprint density at radius 2 is 1.95 bits per heavy atom. The summed E-state index contributed by atoms with van der Waals surface area (Å²) in [5, 5.41) is 1.09. The number of nitrogens with one attached hydrogen (secondary N) is 1. The smallest absolute Gasteiger partial charge is 0.231 e. The number of aromatic nitrogens is 1. The molecule has 1 aliphatic rings. The number of aromatic amines is 1. The van der Waals surface area contributed by atoms with Gasteiger partial charge in [-0.2, -0.15) is 0 Å². The molecule has 0 aliphatic carbocycles. The largest absolute Gasteiger partial charge is 0.493 e. The lowest BCUT2D eigenvalue weighted by Gasteiger charge is -2.14. The van der Waals surface area contributed by atoms with Crippen LogP contribution in [0.3, 0.4) is 0 Å². The van der Waals surface area contributed by atoms with Crippen molar-refractivity contribution >= 4 is 10.9 Å². The average Bonchev–Trinajstić information content (AvgIpc) is 3.19. The molecule has 0 unspecified atom stereocenters. The Bertz CT molecular complexity index is 853. The van der Waals surface area contributed by atoms with Crippen LogP contribution >= 0.6 is 0 Å². The van der Waals surface area contributed by atoms with E-state index in [-0.39, 0.29) is 6.79 Å². The highest BCUT2D eigenvalue weighted by molar-refractivity contribution is 6.00. The van der Waals surface area contributed by atoms with Crippen LogP contribution < -0.4 is 18.9 Å². The van der Waals surface area contributed by atoms with E-state index in [1.54, 1.807) is 20.3 Å². The Morgan fingerprint density at radius 1 is 1.09 bits per heavy atom. The van der Waals surface area contributed by atoms with Crippen LogP contribution in [0.25, 0.3) is 22.0 Å². The van der Waals surface area contributed by atoms with Crippen LogP contribution in [0.5, 0.6) is 23.0 Å². The zero-order valence-electron chi connectivity index (χ0n) is 12.3. The van der Waals surface area contributed by atoms with Crippen LogP contribution in [-0.4, -0.2) is 26.0 Å². The van der Waals surface area contributed by atoms with Gasteiger partial charge in [-0.1, -0.05) is 18.2 Å². The van der Waals surface area contributed by atoms with Gasteiger partial charge in [-0.25, -0.2) is 0 Å². The molecule has 22 heavy (non-hydrogen) atoms. The third-order valence-electron chi connectivity index (χ3n) is 3.86. The van der Waals surface area contributed by atoms with Gasteiger partial charge in [0.1, 0.15) is 0 Å². The van der Waals surface area contributed by atoms with E-state index >= 15 is 0 Å². The Labute approximate surface area is 127 Å². The number of rotatable bonds is 3. The van der Waals surface area contributed by atoms with Crippen molar-refractivity contribution in [2.45, 2.75) is 0 Å². The Morgan fingerprint density at radius 3 is 2.77 bits per heavy atom. The molecule has 0 amide bonds. The summed E-state index contributed by atoms with van der Waals surface area (Å²) >= 11 is 0. The van der Waals surface area contributed by atoms with Gasteiger partial charge in [-0.05, 0) is 6.07 Å². The van der Waals surface area contributed by atoms with Crippen molar-refractivity contribution < 1.29 is 18.9 Å².